The molecule has 0 spiro atoms. The molecule has 5 heteroatoms. The smallest absolute Gasteiger partial charge is 0.162 e. The summed E-state index contributed by atoms with van der Waals surface area (Å²) >= 11 is 0. The van der Waals surface area contributed by atoms with Crippen molar-refractivity contribution in [3.63, 3.8) is 0 Å². The highest BCUT2D eigenvalue weighted by molar-refractivity contribution is 5.80. The van der Waals surface area contributed by atoms with Gasteiger partial charge in [-0.1, -0.05) is 60.7 Å². The predicted octanol–water partition coefficient (Wildman–Crippen LogP) is 5.27. The van der Waals surface area contributed by atoms with Gasteiger partial charge in [-0.05, 0) is 29.8 Å². The SMILES string of the molecule is COc1ccc(/C=N/Nc2cc(-c3ccccc3)nc(-c3ccccc3)n2)cc1. The lowest BCUT2D eigenvalue weighted by Gasteiger charge is -2.08. The maximum absolute atomic E-state index is 5.18. The summed E-state index contributed by atoms with van der Waals surface area (Å²) < 4.78 is 5.18. The second-order valence-corrected chi connectivity index (χ2v) is 6.34. The molecule has 1 N–H and O–H groups in total. The topological polar surface area (TPSA) is 59.4 Å². The summed E-state index contributed by atoms with van der Waals surface area (Å²) in [4.78, 5) is 9.37. The first-order valence-electron chi connectivity index (χ1n) is 9.25. The van der Waals surface area contributed by atoms with E-state index in [0.29, 0.717) is 11.6 Å². The largest absolute Gasteiger partial charge is 0.497 e. The van der Waals surface area contributed by atoms with Crippen LogP contribution in [-0.2, 0) is 0 Å². The number of rotatable bonds is 6. The van der Waals surface area contributed by atoms with Crippen molar-refractivity contribution in [3.05, 3.63) is 96.6 Å². The zero-order chi connectivity index (χ0) is 19.9. The molecule has 142 valence electrons. The third-order valence-electron chi connectivity index (χ3n) is 4.34. The molecule has 4 aromatic rings. The van der Waals surface area contributed by atoms with Gasteiger partial charge in [-0.15, -0.1) is 0 Å². The van der Waals surface area contributed by atoms with Gasteiger partial charge in [0.15, 0.2) is 11.6 Å². The maximum Gasteiger partial charge on any atom is 0.162 e. The van der Waals surface area contributed by atoms with Crippen LogP contribution in [0.2, 0.25) is 0 Å². The summed E-state index contributed by atoms with van der Waals surface area (Å²) in [6, 6.07) is 29.5. The molecule has 0 fully saturated rings. The Balaban J connectivity index is 1.63. The number of anilines is 1. The van der Waals surface area contributed by atoms with Gasteiger partial charge in [0.05, 0.1) is 19.0 Å². The standard InChI is InChI=1S/C24H20N4O/c1-29-21-14-12-18(13-15-21)17-25-28-23-16-22(19-8-4-2-5-9-19)26-24(27-23)20-10-6-3-7-11-20/h2-17H,1H3,(H,26,27,28)/b25-17+. The minimum atomic E-state index is 0.627. The van der Waals surface area contributed by atoms with Gasteiger partial charge in [-0.25, -0.2) is 9.97 Å². The van der Waals surface area contributed by atoms with E-state index >= 15 is 0 Å². The van der Waals surface area contributed by atoms with Gasteiger partial charge in [0.25, 0.3) is 0 Å². The molecule has 0 radical (unpaired) electrons. The van der Waals surface area contributed by atoms with Crippen molar-refractivity contribution in [2.75, 3.05) is 12.5 Å². The van der Waals surface area contributed by atoms with Crippen LogP contribution in [-0.4, -0.2) is 23.3 Å². The summed E-state index contributed by atoms with van der Waals surface area (Å²) in [5.41, 5.74) is 6.80. The molecule has 1 heterocycles. The zero-order valence-corrected chi connectivity index (χ0v) is 16.0. The van der Waals surface area contributed by atoms with E-state index in [1.54, 1.807) is 13.3 Å². The zero-order valence-electron chi connectivity index (χ0n) is 16.0. The van der Waals surface area contributed by atoms with Crippen LogP contribution < -0.4 is 10.2 Å². The Morgan fingerprint density at radius 1 is 0.793 bits per heavy atom. The molecule has 0 atom stereocenters. The Morgan fingerprint density at radius 2 is 1.45 bits per heavy atom. The van der Waals surface area contributed by atoms with Gasteiger partial charge in [0.2, 0.25) is 0 Å². The highest BCUT2D eigenvalue weighted by atomic mass is 16.5. The van der Waals surface area contributed by atoms with E-state index in [-0.39, 0.29) is 0 Å². The first kappa shape index (κ1) is 18.4. The molecule has 0 unspecified atom stereocenters. The number of aromatic nitrogens is 2. The average molecular weight is 380 g/mol. The number of ether oxygens (including phenoxy) is 1. The fourth-order valence-corrected chi connectivity index (χ4v) is 2.84. The van der Waals surface area contributed by atoms with E-state index < -0.39 is 0 Å². The van der Waals surface area contributed by atoms with Crippen molar-refractivity contribution in [3.8, 4) is 28.4 Å². The van der Waals surface area contributed by atoms with Crippen LogP contribution in [0.25, 0.3) is 22.6 Å². The van der Waals surface area contributed by atoms with Crippen molar-refractivity contribution < 1.29 is 4.74 Å². The monoisotopic (exact) mass is 380 g/mol. The summed E-state index contributed by atoms with van der Waals surface area (Å²) in [6.07, 6.45) is 1.74. The van der Waals surface area contributed by atoms with Crippen molar-refractivity contribution in [1.29, 1.82) is 0 Å². The van der Waals surface area contributed by atoms with Gasteiger partial charge in [-0.3, -0.25) is 5.43 Å². The summed E-state index contributed by atoms with van der Waals surface area (Å²) in [6.45, 7) is 0. The van der Waals surface area contributed by atoms with Crippen LogP contribution >= 0.6 is 0 Å². The van der Waals surface area contributed by atoms with Crippen LogP contribution in [0.15, 0.2) is 96.1 Å². The highest BCUT2D eigenvalue weighted by Crippen LogP contribution is 2.24. The normalized spacial score (nSPS) is 10.8. The van der Waals surface area contributed by atoms with Crippen molar-refractivity contribution in [1.82, 2.24) is 9.97 Å². The van der Waals surface area contributed by atoms with Crippen LogP contribution in [0.5, 0.6) is 5.75 Å². The Kier molecular flexibility index (Phi) is 5.58. The van der Waals surface area contributed by atoms with E-state index in [1.807, 2.05) is 91.0 Å². The van der Waals surface area contributed by atoms with Crippen molar-refractivity contribution in [2.24, 2.45) is 5.10 Å². The summed E-state index contributed by atoms with van der Waals surface area (Å²) in [5.74, 6) is 2.09. The Labute approximate surface area is 169 Å². The lowest BCUT2D eigenvalue weighted by atomic mass is 10.1. The van der Waals surface area contributed by atoms with Crippen LogP contribution in [0.4, 0.5) is 5.82 Å². The molecule has 0 amide bonds. The number of nitrogens with one attached hydrogen (secondary N) is 1. The molecule has 0 aliphatic carbocycles. The Hall–Kier alpha value is -3.99. The number of hydrogen-bond donors (Lipinski definition) is 1. The molecular formula is C24H20N4O. The first-order chi connectivity index (χ1) is 14.3. The number of hydrazone groups is 1. The lowest BCUT2D eigenvalue weighted by Crippen LogP contribution is -1.99. The number of methoxy groups -OCH3 is 1. The second-order valence-electron chi connectivity index (χ2n) is 6.34. The molecule has 0 bridgehead atoms. The fraction of sp³-hybridized carbons (Fsp3) is 0.0417. The van der Waals surface area contributed by atoms with Gasteiger partial charge < -0.3 is 4.74 Å². The number of hydrogen-bond acceptors (Lipinski definition) is 5. The van der Waals surface area contributed by atoms with E-state index in [4.69, 9.17) is 9.72 Å². The molecule has 0 aliphatic heterocycles. The second kappa shape index (κ2) is 8.80. The third-order valence-corrected chi connectivity index (χ3v) is 4.34. The van der Waals surface area contributed by atoms with Crippen molar-refractivity contribution >= 4 is 12.0 Å². The molecule has 0 saturated heterocycles. The van der Waals surface area contributed by atoms with E-state index in [0.717, 1.165) is 28.1 Å². The predicted molar refractivity (Wildman–Crippen MR) is 117 cm³/mol. The Morgan fingerprint density at radius 3 is 2.10 bits per heavy atom. The minimum absolute atomic E-state index is 0.627. The van der Waals surface area contributed by atoms with Crippen molar-refractivity contribution in [2.45, 2.75) is 0 Å². The molecule has 0 saturated carbocycles. The van der Waals surface area contributed by atoms with Gasteiger partial charge in [0, 0.05) is 17.2 Å². The van der Waals surface area contributed by atoms with E-state index in [2.05, 4.69) is 15.5 Å². The van der Waals surface area contributed by atoms with Gasteiger partial charge in [0.1, 0.15) is 5.75 Å². The van der Waals surface area contributed by atoms with Crippen LogP contribution in [0, 0.1) is 0 Å². The van der Waals surface area contributed by atoms with Gasteiger partial charge in [-0.2, -0.15) is 5.10 Å². The first-order valence-corrected chi connectivity index (χ1v) is 9.25. The number of nitrogens with zero attached hydrogens (tertiary/aromatic N) is 3. The average Bonchev–Trinajstić information content (AvgIpc) is 2.80. The number of benzene rings is 3. The molecular weight excluding hydrogens is 360 g/mol. The van der Waals surface area contributed by atoms with Crippen LogP contribution in [0.1, 0.15) is 5.56 Å². The minimum Gasteiger partial charge on any atom is -0.497 e. The molecule has 4 rings (SSSR count). The quantitative estimate of drug-likeness (QED) is 0.366. The van der Waals surface area contributed by atoms with Crippen LogP contribution in [0.3, 0.4) is 0 Å². The summed E-state index contributed by atoms with van der Waals surface area (Å²) in [5, 5.41) is 4.33. The summed E-state index contributed by atoms with van der Waals surface area (Å²) in [7, 11) is 1.65. The van der Waals surface area contributed by atoms with E-state index in [9.17, 15) is 0 Å². The molecule has 3 aromatic carbocycles. The molecule has 29 heavy (non-hydrogen) atoms. The molecule has 1 aromatic heterocycles. The fourth-order valence-electron chi connectivity index (χ4n) is 2.84. The van der Waals surface area contributed by atoms with E-state index in [1.165, 1.54) is 0 Å². The molecule has 0 aliphatic rings. The lowest BCUT2D eigenvalue weighted by molar-refractivity contribution is 0.415. The Bertz CT molecular complexity index is 1040. The maximum atomic E-state index is 5.18. The highest BCUT2D eigenvalue weighted by Gasteiger charge is 2.08. The molecule has 5 nitrogen and oxygen atoms in total. The van der Waals surface area contributed by atoms with Gasteiger partial charge >= 0.3 is 0 Å². The third kappa shape index (κ3) is 4.65.